The molecule has 5 rings (SSSR count). The number of hydrogen-bond acceptors (Lipinski definition) is 2. The van der Waals surface area contributed by atoms with Crippen molar-refractivity contribution in [3.63, 3.8) is 0 Å². The van der Waals surface area contributed by atoms with Gasteiger partial charge >= 0.3 is 0 Å². The van der Waals surface area contributed by atoms with Gasteiger partial charge in [-0.1, -0.05) is 58.6 Å². The number of benzene rings is 2. The fourth-order valence-corrected chi connectivity index (χ4v) is 6.64. The van der Waals surface area contributed by atoms with Crippen molar-refractivity contribution in [2.45, 2.75) is 20.8 Å². The predicted octanol–water partition coefficient (Wildman–Crippen LogP) is 4.90. The molecule has 0 amide bonds. The molecule has 0 bridgehead atoms. The largest absolute Gasteiger partial charge is 0.268 e. The van der Waals surface area contributed by atoms with E-state index in [2.05, 4.69) is 80.1 Å². The molecule has 0 saturated heterocycles. The number of aryl methyl sites for hydroxylation is 3. The standard InChI is InChI=1S/C23H19BS2/c1-14-12-15(2)21(16(3)13-14)24-22-19(8-10-25-22)17-6-4-5-7-18(17)20-9-11-26-23(20)24/h4-13H,1-3H3. The molecule has 0 aliphatic carbocycles. The van der Waals surface area contributed by atoms with Crippen molar-refractivity contribution in [1.82, 2.24) is 0 Å². The lowest BCUT2D eigenvalue weighted by atomic mass is 9.40. The van der Waals surface area contributed by atoms with Gasteiger partial charge in [0.05, 0.1) is 0 Å². The number of rotatable bonds is 1. The van der Waals surface area contributed by atoms with Crippen molar-refractivity contribution in [3.8, 4) is 22.3 Å². The fourth-order valence-electron chi connectivity index (χ4n) is 4.51. The van der Waals surface area contributed by atoms with Crippen molar-refractivity contribution in [2.24, 2.45) is 0 Å². The lowest BCUT2D eigenvalue weighted by molar-refractivity contribution is 1.35. The summed E-state index contributed by atoms with van der Waals surface area (Å²) in [4.78, 5) is 0. The highest BCUT2D eigenvalue weighted by molar-refractivity contribution is 7.34. The second kappa shape index (κ2) is 5.97. The Kier molecular flexibility index (Phi) is 3.70. The van der Waals surface area contributed by atoms with Crippen LogP contribution in [0.25, 0.3) is 22.3 Å². The van der Waals surface area contributed by atoms with Gasteiger partial charge in [0, 0.05) is 0 Å². The third-order valence-electron chi connectivity index (χ3n) is 5.45. The predicted molar refractivity (Wildman–Crippen MR) is 118 cm³/mol. The zero-order valence-corrected chi connectivity index (χ0v) is 16.8. The molecule has 0 nitrogen and oxygen atoms in total. The van der Waals surface area contributed by atoms with E-state index in [4.69, 9.17) is 0 Å². The van der Waals surface area contributed by atoms with Gasteiger partial charge in [0.1, 0.15) is 0 Å². The highest BCUT2D eigenvalue weighted by Gasteiger charge is 2.35. The van der Waals surface area contributed by atoms with Crippen molar-refractivity contribution < 1.29 is 0 Å². The van der Waals surface area contributed by atoms with Crippen LogP contribution in [0.5, 0.6) is 0 Å². The maximum Gasteiger partial charge on any atom is 0.268 e. The average molecular weight is 370 g/mol. The monoisotopic (exact) mass is 370 g/mol. The first kappa shape index (κ1) is 16.1. The third kappa shape index (κ3) is 2.27. The first-order chi connectivity index (χ1) is 12.6. The van der Waals surface area contributed by atoms with E-state index < -0.39 is 0 Å². The molecule has 0 radical (unpaired) electrons. The fraction of sp³-hybridized carbons (Fsp3) is 0.130. The van der Waals surface area contributed by atoms with E-state index in [9.17, 15) is 0 Å². The van der Waals surface area contributed by atoms with E-state index in [0.29, 0.717) is 6.71 Å². The topological polar surface area (TPSA) is 0 Å². The quantitative estimate of drug-likeness (QED) is 0.368. The van der Waals surface area contributed by atoms with Crippen molar-refractivity contribution >= 4 is 44.4 Å². The molecule has 1 aliphatic rings. The minimum Gasteiger partial charge on any atom is -0.157 e. The molecule has 126 valence electrons. The van der Waals surface area contributed by atoms with Crippen LogP contribution in [0.2, 0.25) is 0 Å². The highest BCUT2D eigenvalue weighted by Crippen LogP contribution is 2.36. The second-order valence-corrected chi connectivity index (χ2v) is 9.08. The van der Waals surface area contributed by atoms with Crippen LogP contribution in [0.3, 0.4) is 0 Å². The van der Waals surface area contributed by atoms with Gasteiger partial charge in [0.2, 0.25) is 0 Å². The van der Waals surface area contributed by atoms with E-state index in [1.807, 2.05) is 22.7 Å². The zero-order chi connectivity index (χ0) is 17.8. The van der Waals surface area contributed by atoms with Crippen molar-refractivity contribution in [1.29, 1.82) is 0 Å². The van der Waals surface area contributed by atoms with E-state index >= 15 is 0 Å². The Morgan fingerprint density at radius 2 is 1.15 bits per heavy atom. The Bertz CT molecular complexity index is 1050. The Balaban J connectivity index is 1.89. The molecule has 4 aromatic rings. The lowest BCUT2D eigenvalue weighted by Crippen LogP contribution is -2.52. The first-order valence-electron chi connectivity index (χ1n) is 8.97. The van der Waals surface area contributed by atoms with E-state index in [-0.39, 0.29) is 0 Å². The molecular formula is C23H19BS2. The minimum atomic E-state index is 0.327. The van der Waals surface area contributed by atoms with Crippen LogP contribution < -0.4 is 15.0 Å². The van der Waals surface area contributed by atoms with Gasteiger partial charge in [0.25, 0.3) is 6.71 Å². The molecule has 0 atom stereocenters. The van der Waals surface area contributed by atoms with Crippen LogP contribution in [0, 0.1) is 20.8 Å². The smallest absolute Gasteiger partial charge is 0.157 e. The van der Waals surface area contributed by atoms with E-state index in [1.54, 1.807) is 0 Å². The van der Waals surface area contributed by atoms with Crippen LogP contribution in [0.4, 0.5) is 0 Å². The van der Waals surface area contributed by atoms with Gasteiger partial charge in [0.15, 0.2) is 0 Å². The second-order valence-electron chi connectivity index (χ2n) is 7.19. The molecule has 2 aromatic heterocycles. The summed E-state index contributed by atoms with van der Waals surface area (Å²) >= 11 is 3.80. The summed E-state index contributed by atoms with van der Waals surface area (Å²) in [6.07, 6.45) is 0. The summed E-state index contributed by atoms with van der Waals surface area (Å²) in [7, 11) is 0. The van der Waals surface area contributed by atoms with Crippen LogP contribution in [0.1, 0.15) is 16.7 Å². The van der Waals surface area contributed by atoms with Gasteiger partial charge in [-0.25, -0.2) is 0 Å². The van der Waals surface area contributed by atoms with Crippen molar-refractivity contribution in [2.75, 3.05) is 0 Å². The highest BCUT2D eigenvalue weighted by atomic mass is 32.1. The molecule has 3 heteroatoms. The molecule has 0 N–H and O–H groups in total. The zero-order valence-electron chi connectivity index (χ0n) is 15.2. The number of hydrogen-bond donors (Lipinski definition) is 0. The van der Waals surface area contributed by atoms with Crippen LogP contribution >= 0.6 is 22.7 Å². The SMILES string of the molecule is Cc1cc(C)c(B2c3sccc3-c3ccccc3-c3ccsc32)c(C)c1. The van der Waals surface area contributed by atoms with Crippen LogP contribution in [0.15, 0.2) is 59.3 Å². The molecule has 26 heavy (non-hydrogen) atoms. The Morgan fingerprint density at radius 3 is 1.65 bits per heavy atom. The summed E-state index contributed by atoms with van der Waals surface area (Å²) in [6, 6.07) is 18.2. The summed E-state index contributed by atoms with van der Waals surface area (Å²) < 4.78 is 2.96. The molecule has 2 aromatic carbocycles. The first-order valence-corrected chi connectivity index (χ1v) is 10.7. The summed E-state index contributed by atoms with van der Waals surface area (Å²) in [5.74, 6) is 0. The van der Waals surface area contributed by atoms with Gasteiger partial charge in [-0.2, -0.15) is 22.7 Å². The molecular weight excluding hydrogens is 351 g/mol. The average Bonchev–Trinajstić information content (AvgIpc) is 3.26. The van der Waals surface area contributed by atoms with Gasteiger partial charge in [-0.05, 0) is 75.5 Å². The molecule has 3 heterocycles. The van der Waals surface area contributed by atoms with Crippen LogP contribution in [-0.4, -0.2) is 6.71 Å². The Labute approximate surface area is 163 Å². The van der Waals surface area contributed by atoms with Gasteiger partial charge in [-0.15, -0.1) is 0 Å². The number of fused-ring (bicyclic) bond motifs is 5. The number of thiophene rings is 2. The van der Waals surface area contributed by atoms with Crippen LogP contribution in [-0.2, 0) is 0 Å². The Hall–Kier alpha value is -2.10. The van der Waals surface area contributed by atoms with Crippen molar-refractivity contribution in [3.05, 3.63) is 76.0 Å². The summed E-state index contributed by atoms with van der Waals surface area (Å²) in [5, 5.41) is 4.51. The molecule has 0 spiro atoms. The summed E-state index contributed by atoms with van der Waals surface area (Å²) in [6.45, 7) is 7.06. The Morgan fingerprint density at radius 1 is 0.654 bits per heavy atom. The van der Waals surface area contributed by atoms with E-state index in [1.165, 1.54) is 54.0 Å². The minimum absolute atomic E-state index is 0.327. The van der Waals surface area contributed by atoms with Gasteiger partial charge < -0.3 is 0 Å². The molecule has 0 fully saturated rings. The molecule has 0 unspecified atom stereocenters. The normalized spacial score (nSPS) is 12.3. The molecule has 0 saturated carbocycles. The molecule has 1 aliphatic heterocycles. The maximum atomic E-state index is 2.33. The lowest BCUT2D eigenvalue weighted by Gasteiger charge is -2.19. The maximum absolute atomic E-state index is 2.33. The summed E-state index contributed by atoms with van der Waals surface area (Å²) in [5.41, 5.74) is 11.2. The third-order valence-corrected chi connectivity index (χ3v) is 7.41. The van der Waals surface area contributed by atoms with Gasteiger partial charge in [-0.3, -0.25) is 0 Å². The van der Waals surface area contributed by atoms with E-state index in [0.717, 1.165) is 0 Å².